The van der Waals surface area contributed by atoms with Gasteiger partial charge in [0.1, 0.15) is 0 Å². The number of hydrogen-bond donors (Lipinski definition) is 0. The van der Waals surface area contributed by atoms with E-state index in [0.717, 1.165) is 10.4 Å². The van der Waals surface area contributed by atoms with Gasteiger partial charge in [-0.3, -0.25) is 0 Å². The van der Waals surface area contributed by atoms with Crippen LogP contribution in [0.3, 0.4) is 0 Å². The minimum atomic E-state index is -0.787. The van der Waals surface area contributed by atoms with Crippen molar-refractivity contribution < 1.29 is 36.7 Å². The zero-order valence-corrected chi connectivity index (χ0v) is 17.2. The molecule has 1 heterocycles. The molecule has 2 atom stereocenters. The van der Waals surface area contributed by atoms with Crippen LogP contribution in [0.4, 0.5) is 0 Å². The van der Waals surface area contributed by atoms with Gasteiger partial charge in [0.25, 0.3) is 0 Å². The Kier molecular flexibility index (Phi) is 9.83. The molecule has 0 aliphatic carbocycles. The second-order valence-corrected chi connectivity index (χ2v) is 14.9. The van der Waals surface area contributed by atoms with E-state index in [1.54, 1.807) is 0 Å². The molecule has 3 nitrogen and oxygen atoms in total. The Bertz CT molecular complexity index is 163. The van der Waals surface area contributed by atoms with E-state index in [1.807, 2.05) is 0 Å². The first-order valence-electron chi connectivity index (χ1n) is 6.36. The Morgan fingerprint density at radius 1 is 1.19 bits per heavy atom. The second-order valence-electron chi connectivity index (χ2n) is 4.26. The van der Waals surface area contributed by atoms with E-state index in [-0.39, 0.29) is 12.4 Å². The summed E-state index contributed by atoms with van der Waals surface area (Å²) in [5.74, 6) is 0. The van der Waals surface area contributed by atoms with Crippen LogP contribution in [0.1, 0.15) is 45.4 Å². The van der Waals surface area contributed by atoms with Gasteiger partial charge in [0.05, 0.1) is 0 Å². The Labute approximate surface area is 116 Å². The van der Waals surface area contributed by atoms with E-state index in [1.165, 1.54) is 32.1 Å². The van der Waals surface area contributed by atoms with E-state index in [9.17, 15) is 0 Å². The summed E-state index contributed by atoms with van der Waals surface area (Å²) in [6.07, 6.45) is 7.45. The van der Waals surface area contributed by atoms with E-state index >= 15 is 0 Å². The molecule has 1 saturated heterocycles. The van der Waals surface area contributed by atoms with Crippen molar-refractivity contribution in [3.63, 3.8) is 0 Å². The number of halogens is 1. The predicted octanol–water partition coefficient (Wildman–Crippen LogP) is 3.83. The van der Waals surface area contributed by atoms with Gasteiger partial charge in [-0.05, 0) is 0 Å². The molecule has 5 heteroatoms. The first kappa shape index (κ1) is 15.4. The predicted molar refractivity (Wildman–Crippen MR) is 62.8 cm³/mol. The Morgan fingerprint density at radius 3 is 2.62 bits per heavy atom. The van der Waals surface area contributed by atoms with Crippen LogP contribution < -0.4 is 0 Å². The minimum absolute atomic E-state index is 0.120. The van der Waals surface area contributed by atoms with Crippen molar-refractivity contribution in [1.29, 1.82) is 0 Å². The molecule has 1 aliphatic rings. The summed E-state index contributed by atoms with van der Waals surface area (Å²) in [5.41, 5.74) is 0. The zero-order valence-electron chi connectivity index (χ0n) is 10.1. The van der Waals surface area contributed by atoms with Crippen LogP contribution in [0.5, 0.6) is 0 Å². The van der Waals surface area contributed by atoms with Gasteiger partial charge in [-0.15, -0.1) is 0 Å². The van der Waals surface area contributed by atoms with Crippen LogP contribution in [0.15, 0.2) is 0 Å². The molecule has 0 radical (unpaired) electrons. The third-order valence-corrected chi connectivity index (χ3v) is 10.1. The molecule has 1 aliphatic heterocycles. The number of ether oxygens (including phenoxy) is 1. The normalized spacial score (nSPS) is 25.4. The first-order valence-corrected chi connectivity index (χ1v) is 22.2. The molecule has 0 aromatic heterocycles. The second kappa shape index (κ2) is 10.2. The Hall–Kier alpha value is 1.30. The first-order chi connectivity index (χ1) is 7.86. The molecule has 1 rings (SSSR count). The molecule has 16 heavy (non-hydrogen) atoms. The molecule has 0 bridgehead atoms. The summed E-state index contributed by atoms with van der Waals surface area (Å²) in [4.78, 5) is 10.6. The van der Waals surface area contributed by atoms with Crippen molar-refractivity contribution in [3.8, 4) is 0 Å². The third-order valence-electron chi connectivity index (χ3n) is 2.74. The van der Waals surface area contributed by atoms with Crippen LogP contribution in [0, 0.1) is 0 Å². The molecule has 0 spiro atoms. The molecule has 0 amide bonds. The Balaban J connectivity index is 1.95. The Morgan fingerprint density at radius 2 is 2.00 bits per heavy atom. The number of hydrogen-bond acceptors (Lipinski definition) is 3. The van der Waals surface area contributed by atoms with Gasteiger partial charge in [-0.2, -0.15) is 0 Å². The standard InChI is InChI=1S/C11H21O3.BrH.Hg/c1-3-4-5-6-7-8-11-12-9-10(2)13-14-11;;/h10-11H,2-9H2,1H3;1H;/q;;+1/p-1/t10-,11-;;/m1../s1. The van der Waals surface area contributed by atoms with Crippen LogP contribution in [-0.2, 0) is 36.7 Å². The van der Waals surface area contributed by atoms with Crippen LogP contribution >= 0.6 is 11.9 Å². The van der Waals surface area contributed by atoms with Crippen molar-refractivity contribution >= 4 is 11.9 Å². The van der Waals surface area contributed by atoms with E-state index in [4.69, 9.17) is 14.5 Å². The topological polar surface area (TPSA) is 27.7 Å². The van der Waals surface area contributed by atoms with Crippen molar-refractivity contribution in [1.82, 2.24) is 0 Å². The molecular formula is C11H21BrHgO3. The van der Waals surface area contributed by atoms with Gasteiger partial charge in [-0.25, -0.2) is 0 Å². The van der Waals surface area contributed by atoms with Crippen LogP contribution in [0.2, 0.25) is 3.93 Å². The molecule has 0 unspecified atom stereocenters. The molecule has 0 N–H and O–H groups in total. The van der Waals surface area contributed by atoms with Gasteiger partial charge in [-0.1, -0.05) is 0 Å². The van der Waals surface area contributed by atoms with Gasteiger partial charge in [0, 0.05) is 0 Å². The molecular weight excluding hydrogens is 461 g/mol. The van der Waals surface area contributed by atoms with Gasteiger partial charge in [0.15, 0.2) is 0 Å². The molecule has 0 aromatic carbocycles. The monoisotopic (exact) mass is 482 g/mol. The van der Waals surface area contributed by atoms with E-state index in [2.05, 4.69) is 18.8 Å². The fraction of sp³-hybridized carbons (Fsp3) is 1.00. The summed E-state index contributed by atoms with van der Waals surface area (Å²) in [5, 5.41) is 0. The van der Waals surface area contributed by atoms with Crippen LogP contribution in [0.25, 0.3) is 0 Å². The van der Waals surface area contributed by atoms with Crippen LogP contribution in [-0.4, -0.2) is 19.0 Å². The average molecular weight is 482 g/mol. The molecule has 0 aromatic rings. The zero-order chi connectivity index (χ0) is 11.6. The third kappa shape index (κ3) is 6.89. The maximum absolute atomic E-state index is 5.62. The summed E-state index contributed by atoms with van der Waals surface area (Å²) in [7, 11) is 0. The molecule has 92 valence electrons. The quantitative estimate of drug-likeness (QED) is 0.300. The summed E-state index contributed by atoms with van der Waals surface area (Å²) in [6.45, 7) is 2.95. The molecule has 0 saturated carbocycles. The van der Waals surface area contributed by atoms with Gasteiger partial charge < -0.3 is 0 Å². The van der Waals surface area contributed by atoms with Crippen molar-refractivity contribution in [2.24, 2.45) is 0 Å². The van der Waals surface area contributed by atoms with E-state index in [0.29, 0.717) is 6.61 Å². The summed E-state index contributed by atoms with van der Waals surface area (Å²) in [6, 6.07) is 0. The van der Waals surface area contributed by atoms with Crippen molar-refractivity contribution in [2.75, 3.05) is 6.61 Å². The van der Waals surface area contributed by atoms with E-state index < -0.39 is 22.1 Å². The SMILES string of the molecule is CCCCCCC[C@@H]1OC[C@@H]([CH2][Hg][Br])OO1. The summed E-state index contributed by atoms with van der Waals surface area (Å²) < 4.78 is 6.77. The maximum atomic E-state index is 5.62. The van der Waals surface area contributed by atoms with Gasteiger partial charge >= 0.3 is 117 Å². The van der Waals surface area contributed by atoms with Crippen molar-refractivity contribution in [3.05, 3.63) is 0 Å². The summed E-state index contributed by atoms with van der Waals surface area (Å²) >= 11 is 2.81. The van der Waals surface area contributed by atoms with Crippen molar-refractivity contribution in [2.45, 2.75) is 61.8 Å². The average Bonchev–Trinajstić information content (AvgIpc) is 2.31. The fourth-order valence-corrected chi connectivity index (χ4v) is 8.16. The number of rotatable bonds is 8. The fourth-order valence-electron chi connectivity index (χ4n) is 1.71. The molecule has 1 fully saturated rings. The van der Waals surface area contributed by atoms with Gasteiger partial charge in [0.2, 0.25) is 0 Å². The number of unbranched alkanes of at least 4 members (excludes halogenated alkanes) is 4.